The molecule has 0 aliphatic carbocycles. The van der Waals surface area contributed by atoms with Gasteiger partial charge < -0.3 is 4.90 Å². The number of halogens is 2. The maximum atomic E-state index is 12.4. The van der Waals surface area contributed by atoms with Gasteiger partial charge in [0.05, 0.1) is 0 Å². The molecule has 1 aromatic carbocycles. The van der Waals surface area contributed by atoms with E-state index in [1.807, 2.05) is 24.0 Å². The van der Waals surface area contributed by atoms with Crippen molar-refractivity contribution in [1.82, 2.24) is 4.90 Å². The molecule has 1 amide bonds. The van der Waals surface area contributed by atoms with Gasteiger partial charge in [-0.3, -0.25) is 4.79 Å². The van der Waals surface area contributed by atoms with E-state index in [-0.39, 0.29) is 5.91 Å². The normalized spacial score (nSPS) is 24.1. The first kappa shape index (κ1) is 13.9. The fourth-order valence-electron chi connectivity index (χ4n) is 2.21. The lowest BCUT2D eigenvalue weighted by atomic mass is 9.99. The second-order valence-electron chi connectivity index (χ2n) is 5.00. The third kappa shape index (κ3) is 2.89. The van der Waals surface area contributed by atoms with Crippen LogP contribution in [0.1, 0.15) is 29.3 Å². The van der Waals surface area contributed by atoms with E-state index in [1.165, 1.54) is 0 Å². The minimum atomic E-state index is 0.0863. The van der Waals surface area contributed by atoms with E-state index in [2.05, 4.69) is 22.9 Å². The number of nitrogens with zero attached hydrogens (tertiary/aromatic N) is 1. The summed E-state index contributed by atoms with van der Waals surface area (Å²) in [7, 11) is 0. The minimum Gasteiger partial charge on any atom is -0.338 e. The molecule has 1 fully saturated rings. The fraction of sp³-hybridized carbons (Fsp3) is 0.500. The number of hydrogen-bond acceptors (Lipinski definition) is 1. The Hall–Kier alpha value is -0.540. The number of carbonyl (C=O) groups is 1. The van der Waals surface area contributed by atoms with Gasteiger partial charge in [-0.25, -0.2) is 0 Å². The zero-order valence-corrected chi connectivity index (χ0v) is 13.0. The predicted octanol–water partition coefficient (Wildman–Crippen LogP) is 3.89. The first-order chi connectivity index (χ1) is 8.49. The van der Waals surface area contributed by atoms with Gasteiger partial charge in [-0.1, -0.05) is 40.5 Å². The number of carbonyl (C=O) groups excluding carboxylic acids is 1. The molecule has 18 heavy (non-hydrogen) atoms. The van der Waals surface area contributed by atoms with Gasteiger partial charge in [-0.2, -0.15) is 0 Å². The molecule has 2 atom stereocenters. The van der Waals surface area contributed by atoms with Gasteiger partial charge in [0.2, 0.25) is 0 Å². The molecule has 0 bridgehead atoms. The average Bonchev–Trinajstić information content (AvgIpc) is 2.35. The molecular weight excluding hydrogens is 314 g/mol. The largest absolute Gasteiger partial charge is 0.338 e. The fourth-order valence-corrected chi connectivity index (χ4v) is 2.76. The van der Waals surface area contributed by atoms with Crippen LogP contribution in [-0.4, -0.2) is 28.7 Å². The molecule has 1 heterocycles. The summed E-state index contributed by atoms with van der Waals surface area (Å²) in [5.74, 6) is 0.576. The Kier molecular flexibility index (Phi) is 4.33. The average molecular weight is 331 g/mol. The molecule has 1 aromatic rings. The van der Waals surface area contributed by atoms with E-state index >= 15 is 0 Å². The van der Waals surface area contributed by atoms with Crippen LogP contribution in [0.2, 0.25) is 5.02 Å². The minimum absolute atomic E-state index is 0.0863. The van der Waals surface area contributed by atoms with Crippen molar-refractivity contribution in [1.29, 1.82) is 0 Å². The summed E-state index contributed by atoms with van der Waals surface area (Å²) in [6, 6.07) is 5.52. The third-order valence-electron chi connectivity index (χ3n) is 3.51. The smallest absolute Gasteiger partial charge is 0.253 e. The molecule has 4 heteroatoms. The summed E-state index contributed by atoms with van der Waals surface area (Å²) < 4.78 is 0. The predicted molar refractivity (Wildman–Crippen MR) is 78.6 cm³/mol. The van der Waals surface area contributed by atoms with Crippen LogP contribution in [0.4, 0.5) is 0 Å². The van der Waals surface area contributed by atoms with Crippen LogP contribution in [0.3, 0.4) is 0 Å². The first-order valence-electron chi connectivity index (χ1n) is 6.18. The molecule has 98 valence electrons. The Morgan fingerprint density at radius 2 is 2.22 bits per heavy atom. The van der Waals surface area contributed by atoms with Crippen LogP contribution < -0.4 is 0 Å². The van der Waals surface area contributed by atoms with E-state index in [1.54, 1.807) is 6.07 Å². The summed E-state index contributed by atoms with van der Waals surface area (Å²) in [6.07, 6.45) is 1.01. The molecule has 0 spiro atoms. The van der Waals surface area contributed by atoms with Crippen LogP contribution in [0.5, 0.6) is 0 Å². The Labute approximate surface area is 121 Å². The topological polar surface area (TPSA) is 20.3 Å². The SMILES string of the molecule is Cc1ccc(C(=O)N2CCC(Br)C(C)C2)cc1Cl. The van der Waals surface area contributed by atoms with Crippen molar-refractivity contribution in [3.63, 3.8) is 0 Å². The Bertz CT molecular complexity index is 463. The molecule has 0 radical (unpaired) electrons. The van der Waals surface area contributed by atoms with Crippen molar-refractivity contribution < 1.29 is 4.79 Å². The van der Waals surface area contributed by atoms with Gasteiger partial charge in [0.15, 0.2) is 0 Å². The highest BCUT2D eigenvalue weighted by Gasteiger charge is 2.27. The van der Waals surface area contributed by atoms with Gasteiger partial charge >= 0.3 is 0 Å². The van der Waals surface area contributed by atoms with Gasteiger partial charge in [0.1, 0.15) is 0 Å². The molecular formula is C14H17BrClNO. The highest BCUT2D eigenvalue weighted by Crippen LogP contribution is 2.25. The van der Waals surface area contributed by atoms with Crippen LogP contribution in [-0.2, 0) is 0 Å². The highest BCUT2D eigenvalue weighted by atomic mass is 79.9. The van der Waals surface area contributed by atoms with Crippen LogP contribution >= 0.6 is 27.5 Å². The molecule has 0 N–H and O–H groups in total. The first-order valence-corrected chi connectivity index (χ1v) is 7.48. The molecule has 1 aliphatic heterocycles. The third-order valence-corrected chi connectivity index (χ3v) is 5.27. The number of likely N-dealkylation sites (tertiary alicyclic amines) is 1. The Morgan fingerprint density at radius 1 is 1.50 bits per heavy atom. The number of benzene rings is 1. The van der Waals surface area contributed by atoms with Gasteiger partial charge in [-0.05, 0) is 37.0 Å². The second-order valence-corrected chi connectivity index (χ2v) is 6.58. The zero-order valence-electron chi connectivity index (χ0n) is 10.6. The summed E-state index contributed by atoms with van der Waals surface area (Å²) in [5.41, 5.74) is 1.69. The standard InChI is InChI=1S/C14H17BrClNO/c1-9-3-4-11(7-13(9)16)14(18)17-6-5-12(15)10(2)8-17/h3-4,7,10,12H,5-6,8H2,1-2H3. The monoisotopic (exact) mass is 329 g/mol. The maximum Gasteiger partial charge on any atom is 0.253 e. The van der Waals surface area contributed by atoms with Crippen molar-refractivity contribution in [3.05, 3.63) is 34.3 Å². The lowest BCUT2D eigenvalue weighted by molar-refractivity contribution is 0.0690. The van der Waals surface area contributed by atoms with Crippen molar-refractivity contribution in [2.45, 2.75) is 25.1 Å². The van der Waals surface area contributed by atoms with E-state index in [9.17, 15) is 4.79 Å². The lowest BCUT2D eigenvalue weighted by Gasteiger charge is -2.34. The van der Waals surface area contributed by atoms with E-state index in [4.69, 9.17) is 11.6 Å². The van der Waals surface area contributed by atoms with Crippen LogP contribution in [0, 0.1) is 12.8 Å². The van der Waals surface area contributed by atoms with Crippen molar-refractivity contribution in [3.8, 4) is 0 Å². The van der Waals surface area contributed by atoms with E-state index < -0.39 is 0 Å². The highest BCUT2D eigenvalue weighted by molar-refractivity contribution is 9.09. The summed E-state index contributed by atoms with van der Waals surface area (Å²) in [5, 5.41) is 0.657. The zero-order chi connectivity index (χ0) is 13.3. The Balaban J connectivity index is 2.14. The number of alkyl halides is 1. The Morgan fingerprint density at radius 3 is 2.83 bits per heavy atom. The molecule has 0 aromatic heterocycles. The van der Waals surface area contributed by atoms with Crippen LogP contribution in [0.15, 0.2) is 18.2 Å². The van der Waals surface area contributed by atoms with E-state index in [0.29, 0.717) is 21.3 Å². The molecule has 1 aliphatic rings. The molecule has 2 rings (SSSR count). The number of hydrogen-bond donors (Lipinski definition) is 0. The number of rotatable bonds is 1. The number of aryl methyl sites for hydroxylation is 1. The summed E-state index contributed by atoms with van der Waals surface area (Å²) in [6.45, 7) is 5.72. The van der Waals surface area contributed by atoms with Crippen LogP contribution in [0.25, 0.3) is 0 Å². The lowest BCUT2D eigenvalue weighted by Crippen LogP contribution is -2.43. The molecule has 2 unspecified atom stereocenters. The molecule has 2 nitrogen and oxygen atoms in total. The van der Waals surface area contributed by atoms with Gasteiger partial charge in [0.25, 0.3) is 5.91 Å². The van der Waals surface area contributed by atoms with Crippen molar-refractivity contribution in [2.24, 2.45) is 5.92 Å². The van der Waals surface area contributed by atoms with Crippen molar-refractivity contribution >= 4 is 33.4 Å². The quantitative estimate of drug-likeness (QED) is 0.715. The number of amides is 1. The summed E-state index contributed by atoms with van der Waals surface area (Å²) in [4.78, 5) is 14.8. The second kappa shape index (κ2) is 5.62. The van der Waals surface area contributed by atoms with Gasteiger partial charge in [-0.15, -0.1) is 0 Å². The van der Waals surface area contributed by atoms with Crippen molar-refractivity contribution in [2.75, 3.05) is 13.1 Å². The van der Waals surface area contributed by atoms with E-state index in [0.717, 1.165) is 25.1 Å². The maximum absolute atomic E-state index is 12.4. The number of piperidine rings is 1. The molecule has 0 saturated carbocycles. The molecule has 1 saturated heterocycles. The summed E-state index contributed by atoms with van der Waals surface area (Å²) >= 11 is 9.72. The van der Waals surface area contributed by atoms with Gasteiger partial charge in [0, 0.05) is 28.5 Å².